The lowest BCUT2D eigenvalue weighted by atomic mass is 10.1. The van der Waals surface area contributed by atoms with Crippen molar-refractivity contribution in [3.63, 3.8) is 0 Å². The minimum Gasteiger partial charge on any atom is -0.516 e. The molecule has 12 heteroatoms. The first-order valence-electron chi connectivity index (χ1n) is 12.1. The van der Waals surface area contributed by atoms with Crippen molar-refractivity contribution in [2.24, 2.45) is 5.73 Å². The number of nitrogens with two attached hydrogens (primary N) is 1. The quantitative estimate of drug-likeness (QED) is 0.116. The summed E-state index contributed by atoms with van der Waals surface area (Å²) in [7, 11) is 0. The Morgan fingerprint density at radius 2 is 2.18 bits per heavy atom. The largest absolute Gasteiger partial charge is 0.516 e. The van der Waals surface area contributed by atoms with Gasteiger partial charge in [-0.2, -0.15) is 0 Å². The average molecular weight is 526 g/mol. The van der Waals surface area contributed by atoms with Crippen molar-refractivity contribution in [3.8, 4) is 11.1 Å². The lowest BCUT2D eigenvalue weighted by Crippen LogP contribution is -2.37. The number of carbonyl (C=O) groups excluding carboxylic acids is 2. The van der Waals surface area contributed by atoms with Crippen molar-refractivity contribution < 1.29 is 23.8 Å². The molecule has 2 amide bonds. The third kappa shape index (κ3) is 7.29. The van der Waals surface area contributed by atoms with Gasteiger partial charge in [0, 0.05) is 36.1 Å². The van der Waals surface area contributed by atoms with Crippen LogP contribution in [0.15, 0.2) is 60.6 Å². The molecule has 0 aliphatic carbocycles. The molecule has 11 nitrogen and oxygen atoms in total. The molecule has 1 saturated heterocycles. The molecule has 0 saturated carbocycles. The second-order valence-corrected chi connectivity index (χ2v) is 8.33. The van der Waals surface area contributed by atoms with E-state index in [9.17, 15) is 9.59 Å². The van der Waals surface area contributed by atoms with Crippen molar-refractivity contribution in [1.29, 1.82) is 5.41 Å². The van der Waals surface area contributed by atoms with Crippen LogP contribution in [-0.2, 0) is 9.53 Å². The number of allylic oxidation sites excluding steroid dienone is 2. The van der Waals surface area contributed by atoms with E-state index in [2.05, 4.69) is 15.6 Å². The summed E-state index contributed by atoms with van der Waals surface area (Å²) in [5.41, 5.74) is 7.18. The summed E-state index contributed by atoms with van der Waals surface area (Å²) in [6.45, 7) is 3.04. The average Bonchev–Trinajstić information content (AvgIpc) is 3.30. The van der Waals surface area contributed by atoms with Crippen LogP contribution < -0.4 is 26.2 Å². The van der Waals surface area contributed by atoms with E-state index in [1.165, 1.54) is 28.1 Å². The number of pyridine rings is 1. The van der Waals surface area contributed by atoms with Gasteiger partial charge < -0.3 is 31.1 Å². The molecule has 1 aliphatic heterocycles. The van der Waals surface area contributed by atoms with Gasteiger partial charge in [0.15, 0.2) is 0 Å². The van der Waals surface area contributed by atoms with E-state index < -0.39 is 18.0 Å². The fraction of sp³-hybridized carbons (Fsp3) is 0.308. The number of halogens is 1. The number of ether oxygens (including phenoxy) is 1. The van der Waals surface area contributed by atoms with Gasteiger partial charge >= 0.3 is 6.09 Å². The second-order valence-electron chi connectivity index (χ2n) is 8.33. The smallest absolute Gasteiger partial charge is 0.414 e. The lowest BCUT2D eigenvalue weighted by Gasteiger charge is -2.18. The summed E-state index contributed by atoms with van der Waals surface area (Å²) in [5.74, 6) is -0.352. The molecule has 0 spiro atoms. The van der Waals surface area contributed by atoms with Gasteiger partial charge in [0.2, 0.25) is 5.91 Å². The van der Waals surface area contributed by atoms with E-state index >= 15 is 4.39 Å². The molecule has 2 heterocycles. The van der Waals surface area contributed by atoms with E-state index in [1.807, 2.05) is 13.0 Å². The molecule has 1 unspecified atom stereocenters. The number of nitrogens with one attached hydrogen (secondary N) is 3. The third-order valence-corrected chi connectivity index (χ3v) is 5.72. The number of aromatic nitrogens is 1. The third-order valence-electron chi connectivity index (χ3n) is 5.72. The number of amides is 2. The number of benzene rings is 1. The zero-order valence-corrected chi connectivity index (χ0v) is 21.1. The number of anilines is 2. The zero-order valence-electron chi connectivity index (χ0n) is 21.1. The van der Waals surface area contributed by atoms with E-state index in [-0.39, 0.29) is 25.5 Å². The van der Waals surface area contributed by atoms with Gasteiger partial charge in [-0.3, -0.25) is 15.1 Å². The van der Waals surface area contributed by atoms with Crippen LogP contribution >= 0.6 is 0 Å². The van der Waals surface area contributed by atoms with Gasteiger partial charge in [-0.05, 0) is 42.8 Å². The summed E-state index contributed by atoms with van der Waals surface area (Å²) in [6.07, 6.45) is 6.68. The number of carbonyl (C=O) groups is 2. The molecule has 1 aromatic carbocycles. The first-order chi connectivity index (χ1) is 18.4. The number of aliphatic hydroxyl groups excluding tert-OH is 1. The Hall–Kier alpha value is -4.45. The lowest BCUT2D eigenvalue weighted by molar-refractivity contribution is -0.119. The molecule has 202 valence electrons. The van der Waals surface area contributed by atoms with Crippen LogP contribution in [0.3, 0.4) is 0 Å². The molecule has 6 N–H and O–H groups in total. The molecule has 0 radical (unpaired) electrons. The van der Waals surface area contributed by atoms with Crippen molar-refractivity contribution in [1.82, 2.24) is 15.6 Å². The van der Waals surface area contributed by atoms with Crippen molar-refractivity contribution in [2.45, 2.75) is 19.4 Å². The van der Waals surface area contributed by atoms with E-state index in [0.29, 0.717) is 41.4 Å². The van der Waals surface area contributed by atoms with Gasteiger partial charge in [0.1, 0.15) is 17.7 Å². The Bertz CT molecular complexity index is 1190. The van der Waals surface area contributed by atoms with E-state index in [1.54, 1.807) is 24.3 Å². The summed E-state index contributed by atoms with van der Waals surface area (Å²) < 4.78 is 20.5. The summed E-state index contributed by atoms with van der Waals surface area (Å²) in [5, 5.41) is 22.4. The number of nitrogens with zero attached hydrogens (tertiary/aromatic N) is 3. The Morgan fingerprint density at radius 3 is 2.82 bits per heavy atom. The number of rotatable bonds is 13. The number of hydrogen-bond acceptors (Lipinski definition) is 8. The van der Waals surface area contributed by atoms with Gasteiger partial charge in [-0.25, -0.2) is 14.2 Å². The predicted octanol–water partition coefficient (Wildman–Crippen LogP) is 2.66. The predicted molar refractivity (Wildman–Crippen MR) is 144 cm³/mol. The van der Waals surface area contributed by atoms with Crippen LogP contribution in [0.1, 0.15) is 13.3 Å². The molecule has 2 aromatic rings. The fourth-order valence-corrected chi connectivity index (χ4v) is 3.82. The van der Waals surface area contributed by atoms with Crippen LogP contribution in [0.25, 0.3) is 11.1 Å². The molecular weight excluding hydrogens is 493 g/mol. The van der Waals surface area contributed by atoms with Crippen LogP contribution in [-0.4, -0.2) is 67.3 Å². The van der Waals surface area contributed by atoms with Crippen LogP contribution in [0, 0.1) is 11.2 Å². The monoisotopic (exact) mass is 525 g/mol. The summed E-state index contributed by atoms with van der Waals surface area (Å²) >= 11 is 0. The molecule has 1 aromatic heterocycles. The topological polar surface area (TPSA) is 157 Å². The van der Waals surface area contributed by atoms with Gasteiger partial charge in [0.05, 0.1) is 37.9 Å². The SMILES string of the molecule is CC/C=C(\C=C/O)NCC1CN(c2ccc(-c3ccc(N(C=N)CCNC(=O)CN)nc3)c(F)c2)C(=O)O1. The fourth-order valence-electron chi connectivity index (χ4n) is 3.82. The van der Waals surface area contributed by atoms with E-state index in [0.717, 1.165) is 19.0 Å². The maximum Gasteiger partial charge on any atom is 0.414 e. The minimum absolute atomic E-state index is 0.112. The van der Waals surface area contributed by atoms with Gasteiger partial charge in [-0.15, -0.1) is 0 Å². The second kappa shape index (κ2) is 13.7. The van der Waals surface area contributed by atoms with E-state index in [4.69, 9.17) is 21.0 Å². The number of aliphatic hydroxyl groups is 1. The normalized spacial score (nSPS) is 15.4. The maximum atomic E-state index is 15.1. The molecular formula is C26H32FN7O4. The Kier molecular flexibility index (Phi) is 10.2. The first-order valence-corrected chi connectivity index (χ1v) is 12.1. The highest BCUT2D eigenvalue weighted by atomic mass is 19.1. The first kappa shape index (κ1) is 28.1. The Morgan fingerprint density at radius 1 is 1.37 bits per heavy atom. The highest BCUT2D eigenvalue weighted by Gasteiger charge is 2.32. The summed E-state index contributed by atoms with van der Waals surface area (Å²) in [4.78, 5) is 30.9. The number of cyclic esters (lactones) is 1. The highest BCUT2D eigenvalue weighted by Crippen LogP contribution is 2.29. The van der Waals surface area contributed by atoms with Gasteiger partial charge in [0.25, 0.3) is 0 Å². The molecule has 1 atom stereocenters. The van der Waals surface area contributed by atoms with Crippen LogP contribution in [0.2, 0.25) is 0 Å². The molecule has 3 rings (SSSR count). The molecule has 1 aliphatic rings. The van der Waals surface area contributed by atoms with Gasteiger partial charge in [-0.1, -0.05) is 13.0 Å². The maximum absolute atomic E-state index is 15.1. The van der Waals surface area contributed by atoms with Crippen molar-refractivity contribution in [2.75, 3.05) is 42.5 Å². The molecule has 38 heavy (non-hydrogen) atoms. The van der Waals surface area contributed by atoms with Crippen molar-refractivity contribution in [3.05, 3.63) is 66.5 Å². The number of hydrogen-bond donors (Lipinski definition) is 5. The Balaban J connectivity index is 1.65. The summed E-state index contributed by atoms with van der Waals surface area (Å²) in [6, 6.07) is 7.83. The molecule has 0 bridgehead atoms. The van der Waals surface area contributed by atoms with Crippen LogP contribution in [0.5, 0.6) is 0 Å². The highest BCUT2D eigenvalue weighted by molar-refractivity contribution is 5.90. The van der Waals surface area contributed by atoms with Crippen LogP contribution in [0.4, 0.5) is 20.7 Å². The zero-order chi connectivity index (χ0) is 27.5. The minimum atomic E-state index is -0.567. The Labute approximate surface area is 220 Å². The van der Waals surface area contributed by atoms with Crippen molar-refractivity contribution >= 4 is 29.8 Å². The standard InChI is InChI=1S/C26H32FN7O4/c1-2-3-19(8-11-35)31-15-21-16-34(26(37)38-21)20-5-6-22(23(27)12-20)18-4-7-24(32-14-18)33(17-29)10-9-30-25(36)13-28/h3-8,11-12,14,17,21,29,31,35H,2,9-10,13,15-16,28H2,1H3,(H,30,36)/b11-8-,19-3+,29-17?. The molecule has 1 fully saturated rings.